The van der Waals surface area contributed by atoms with Crippen molar-refractivity contribution in [2.24, 2.45) is 0 Å². The number of hydrogen-bond acceptors (Lipinski definition) is 4. The van der Waals surface area contributed by atoms with Gasteiger partial charge in [-0.2, -0.15) is 15.0 Å². The van der Waals surface area contributed by atoms with E-state index in [9.17, 15) is 0 Å². The van der Waals surface area contributed by atoms with Crippen molar-refractivity contribution >= 4 is 23.2 Å². The maximum Gasteiger partial charge on any atom is 0.322 e. The molecule has 0 spiro atoms. The van der Waals surface area contributed by atoms with Gasteiger partial charge in [0.15, 0.2) is 0 Å². The van der Waals surface area contributed by atoms with Crippen molar-refractivity contribution < 1.29 is 4.74 Å². The molecule has 0 amide bonds. The summed E-state index contributed by atoms with van der Waals surface area (Å²) in [6.45, 7) is 3.76. The van der Waals surface area contributed by atoms with Gasteiger partial charge in [0.1, 0.15) is 6.61 Å². The van der Waals surface area contributed by atoms with Gasteiger partial charge in [-0.3, -0.25) is 0 Å². The minimum atomic E-state index is 0.00839. The average molecular weight is 206 g/mol. The van der Waals surface area contributed by atoms with E-state index in [1.165, 1.54) is 0 Å². The number of aromatic nitrogens is 3. The Kier molecular flexibility index (Phi) is 3.25. The highest BCUT2D eigenvalue weighted by Crippen LogP contribution is 2.10. The molecule has 0 fully saturated rings. The topological polar surface area (TPSA) is 47.9 Å². The Morgan fingerprint density at radius 1 is 1.25 bits per heavy atom. The van der Waals surface area contributed by atoms with Crippen LogP contribution in [0.3, 0.4) is 0 Å². The molecule has 0 atom stereocenters. The predicted octanol–water partition coefficient (Wildman–Crippen LogP) is 1.74. The Labute approximate surface area is 79.2 Å². The molecule has 1 heterocycles. The second kappa shape index (κ2) is 4.23. The summed E-state index contributed by atoms with van der Waals surface area (Å²) in [4.78, 5) is 10.9. The Bertz CT molecular complexity index is 272. The molecule has 1 aromatic heterocycles. The smallest absolute Gasteiger partial charge is 0.322 e. The highest BCUT2D eigenvalue weighted by atomic mass is 35.5. The van der Waals surface area contributed by atoms with Crippen molar-refractivity contribution in [3.8, 4) is 6.01 Å². The third kappa shape index (κ3) is 2.64. The van der Waals surface area contributed by atoms with Crippen molar-refractivity contribution in [1.29, 1.82) is 0 Å². The molecule has 0 unspecified atom stereocenters. The van der Waals surface area contributed by atoms with Crippen molar-refractivity contribution in [2.75, 3.05) is 6.61 Å². The first-order chi connectivity index (χ1) is 5.72. The van der Waals surface area contributed by atoms with Gasteiger partial charge in [-0.25, -0.2) is 0 Å². The minimum Gasteiger partial charge on any atom is -0.459 e. The molecule has 64 valence electrons. The van der Waals surface area contributed by atoms with Crippen LogP contribution in [0.1, 0.15) is 0 Å². The zero-order valence-electron chi connectivity index (χ0n) is 6.00. The summed E-state index contributed by atoms with van der Waals surface area (Å²) in [5, 5.41) is 0.0168. The summed E-state index contributed by atoms with van der Waals surface area (Å²) in [7, 11) is 0. The van der Waals surface area contributed by atoms with Crippen molar-refractivity contribution in [3.05, 3.63) is 23.2 Å². The van der Waals surface area contributed by atoms with E-state index in [0.717, 1.165) is 0 Å². The summed E-state index contributed by atoms with van der Waals surface area (Å²) in [6, 6.07) is 0.0971. The maximum absolute atomic E-state index is 5.48. The lowest BCUT2D eigenvalue weighted by Gasteiger charge is -1.99. The minimum absolute atomic E-state index is 0.00839. The summed E-state index contributed by atoms with van der Waals surface area (Å²) >= 11 is 11.0. The van der Waals surface area contributed by atoms with E-state index >= 15 is 0 Å². The highest BCUT2D eigenvalue weighted by molar-refractivity contribution is 6.31. The Morgan fingerprint density at radius 2 is 1.83 bits per heavy atom. The van der Waals surface area contributed by atoms with Gasteiger partial charge in [0.25, 0.3) is 0 Å². The summed E-state index contributed by atoms with van der Waals surface area (Å²) < 4.78 is 4.97. The van der Waals surface area contributed by atoms with E-state index in [2.05, 4.69) is 21.5 Å². The average Bonchev–Trinajstić information content (AvgIpc) is 1.99. The molecule has 1 aromatic rings. The molecular weight excluding hydrogens is 201 g/mol. The monoisotopic (exact) mass is 205 g/mol. The molecular formula is C6H5Cl2N3O. The fourth-order valence-electron chi connectivity index (χ4n) is 0.507. The maximum atomic E-state index is 5.48. The molecule has 0 aliphatic heterocycles. The van der Waals surface area contributed by atoms with Crippen LogP contribution in [0.25, 0.3) is 0 Å². The van der Waals surface area contributed by atoms with Crippen molar-refractivity contribution in [3.63, 3.8) is 0 Å². The van der Waals surface area contributed by atoms with E-state index in [1.54, 1.807) is 6.08 Å². The molecule has 1 rings (SSSR count). The van der Waals surface area contributed by atoms with Gasteiger partial charge in [0.2, 0.25) is 10.6 Å². The number of rotatable bonds is 3. The number of nitrogens with zero attached hydrogens (tertiary/aromatic N) is 3. The molecule has 4 nitrogen and oxygen atoms in total. The molecule has 12 heavy (non-hydrogen) atoms. The van der Waals surface area contributed by atoms with Crippen LogP contribution >= 0.6 is 23.2 Å². The van der Waals surface area contributed by atoms with E-state index in [4.69, 9.17) is 27.9 Å². The summed E-state index contributed by atoms with van der Waals surface area (Å²) in [5.74, 6) is 0. The van der Waals surface area contributed by atoms with Crippen LogP contribution in [0.15, 0.2) is 12.7 Å². The molecule has 6 heteroatoms. The fraction of sp³-hybridized carbons (Fsp3) is 0.167. The Hall–Kier alpha value is -0.870. The first-order valence-corrected chi connectivity index (χ1v) is 3.78. The van der Waals surface area contributed by atoms with Crippen LogP contribution in [-0.2, 0) is 0 Å². The molecule has 0 radical (unpaired) electrons. The fourth-order valence-corrected chi connectivity index (χ4v) is 0.855. The van der Waals surface area contributed by atoms with Gasteiger partial charge in [-0.05, 0) is 23.2 Å². The lowest BCUT2D eigenvalue weighted by atomic mass is 10.7. The second-order valence-corrected chi connectivity index (χ2v) is 2.43. The van der Waals surface area contributed by atoms with E-state index in [1.807, 2.05) is 0 Å². The zero-order valence-corrected chi connectivity index (χ0v) is 7.51. The van der Waals surface area contributed by atoms with Crippen LogP contribution in [-0.4, -0.2) is 21.6 Å². The van der Waals surface area contributed by atoms with E-state index in [-0.39, 0.29) is 16.6 Å². The molecule has 0 bridgehead atoms. The van der Waals surface area contributed by atoms with Gasteiger partial charge >= 0.3 is 6.01 Å². The lowest BCUT2D eigenvalue weighted by molar-refractivity contribution is 0.332. The van der Waals surface area contributed by atoms with E-state index < -0.39 is 0 Å². The normalized spacial score (nSPS) is 9.50. The van der Waals surface area contributed by atoms with Crippen LogP contribution in [0.4, 0.5) is 0 Å². The van der Waals surface area contributed by atoms with Crippen molar-refractivity contribution in [1.82, 2.24) is 15.0 Å². The van der Waals surface area contributed by atoms with Gasteiger partial charge in [-0.1, -0.05) is 12.7 Å². The summed E-state index contributed by atoms with van der Waals surface area (Å²) in [5.41, 5.74) is 0. The SMILES string of the molecule is C=CCOc1nc(Cl)nc(Cl)n1. The zero-order chi connectivity index (χ0) is 8.97. The Balaban J connectivity index is 2.78. The molecule has 0 saturated carbocycles. The number of halogens is 2. The predicted molar refractivity (Wildman–Crippen MR) is 45.5 cm³/mol. The summed E-state index contributed by atoms with van der Waals surface area (Å²) in [6.07, 6.45) is 1.56. The molecule has 0 aliphatic carbocycles. The van der Waals surface area contributed by atoms with Gasteiger partial charge in [-0.15, -0.1) is 0 Å². The number of ether oxygens (including phenoxy) is 1. The van der Waals surface area contributed by atoms with E-state index in [0.29, 0.717) is 6.61 Å². The first kappa shape index (κ1) is 9.22. The van der Waals surface area contributed by atoms with Gasteiger partial charge in [0, 0.05) is 0 Å². The third-order valence-corrected chi connectivity index (χ3v) is 1.23. The van der Waals surface area contributed by atoms with Crippen LogP contribution in [0.5, 0.6) is 6.01 Å². The standard InChI is InChI=1S/C6H5Cl2N3O/c1-2-3-12-6-10-4(7)9-5(8)11-6/h2H,1,3H2. The molecule has 0 N–H and O–H groups in total. The Morgan fingerprint density at radius 3 is 2.33 bits per heavy atom. The first-order valence-electron chi connectivity index (χ1n) is 3.03. The lowest BCUT2D eigenvalue weighted by Crippen LogP contribution is -1.99. The molecule has 0 aromatic carbocycles. The highest BCUT2D eigenvalue weighted by Gasteiger charge is 2.02. The molecule has 0 saturated heterocycles. The largest absolute Gasteiger partial charge is 0.459 e. The third-order valence-electron chi connectivity index (χ3n) is 0.891. The van der Waals surface area contributed by atoms with Crippen LogP contribution in [0, 0.1) is 0 Å². The van der Waals surface area contributed by atoms with Gasteiger partial charge in [0.05, 0.1) is 0 Å². The second-order valence-electron chi connectivity index (χ2n) is 1.76. The number of hydrogen-bond donors (Lipinski definition) is 0. The molecule has 0 aliphatic rings. The quantitative estimate of drug-likeness (QED) is 0.706. The van der Waals surface area contributed by atoms with Crippen LogP contribution in [0.2, 0.25) is 10.6 Å². The van der Waals surface area contributed by atoms with Gasteiger partial charge < -0.3 is 4.74 Å². The van der Waals surface area contributed by atoms with Crippen molar-refractivity contribution in [2.45, 2.75) is 0 Å². The van der Waals surface area contributed by atoms with Crippen LogP contribution < -0.4 is 4.74 Å².